The van der Waals surface area contributed by atoms with Crippen molar-refractivity contribution >= 4 is 11.9 Å². The summed E-state index contributed by atoms with van der Waals surface area (Å²) in [6.45, 7) is 0.797. The minimum absolute atomic E-state index is 0.301. The zero-order valence-corrected chi connectivity index (χ0v) is 11.8. The van der Waals surface area contributed by atoms with Gasteiger partial charge < -0.3 is 15.4 Å². The Labute approximate surface area is 118 Å². The molecule has 2 rings (SSSR count). The van der Waals surface area contributed by atoms with E-state index < -0.39 is 0 Å². The van der Waals surface area contributed by atoms with Gasteiger partial charge in [-0.15, -0.1) is 0 Å². The minimum atomic E-state index is 0.301. The second kappa shape index (κ2) is 7.28. The van der Waals surface area contributed by atoms with Crippen molar-refractivity contribution in [3.05, 3.63) is 35.9 Å². The normalized spacial score (nSPS) is 10.1. The number of nitrogens with one attached hydrogen (secondary N) is 2. The van der Waals surface area contributed by atoms with E-state index in [4.69, 9.17) is 4.74 Å². The molecule has 0 saturated carbocycles. The first-order valence-corrected chi connectivity index (χ1v) is 6.57. The molecule has 0 radical (unpaired) electrons. The SMILES string of the molecule is CNc1nc(NCCCc2ccccc2)nc(OC)n1. The molecule has 0 amide bonds. The monoisotopic (exact) mass is 273 g/mol. The number of ether oxygens (including phenoxy) is 1. The molecular weight excluding hydrogens is 254 g/mol. The van der Waals surface area contributed by atoms with Gasteiger partial charge in [-0.3, -0.25) is 0 Å². The molecule has 0 unspecified atom stereocenters. The fraction of sp³-hybridized carbons (Fsp3) is 0.357. The molecule has 1 aromatic heterocycles. The van der Waals surface area contributed by atoms with Crippen LogP contribution in [0.3, 0.4) is 0 Å². The molecule has 0 fully saturated rings. The first kappa shape index (κ1) is 14.0. The van der Waals surface area contributed by atoms with E-state index in [-0.39, 0.29) is 0 Å². The van der Waals surface area contributed by atoms with Gasteiger partial charge >= 0.3 is 6.01 Å². The van der Waals surface area contributed by atoms with Crippen LogP contribution < -0.4 is 15.4 Å². The van der Waals surface area contributed by atoms with Crippen molar-refractivity contribution in [2.45, 2.75) is 12.8 Å². The summed E-state index contributed by atoms with van der Waals surface area (Å²) < 4.78 is 5.03. The standard InChI is InChI=1S/C14H19N5O/c1-15-12-17-13(19-14(18-12)20-2)16-10-6-9-11-7-4-3-5-8-11/h3-5,7-8H,6,9-10H2,1-2H3,(H2,15,16,17,18,19). The number of nitrogens with zero attached hydrogens (tertiary/aromatic N) is 3. The van der Waals surface area contributed by atoms with Crippen LogP contribution in [-0.4, -0.2) is 35.7 Å². The number of hydrogen-bond acceptors (Lipinski definition) is 6. The van der Waals surface area contributed by atoms with E-state index in [2.05, 4.69) is 49.9 Å². The molecule has 1 heterocycles. The lowest BCUT2D eigenvalue weighted by Gasteiger charge is -2.07. The maximum atomic E-state index is 5.03. The highest BCUT2D eigenvalue weighted by molar-refractivity contribution is 5.35. The van der Waals surface area contributed by atoms with Crippen molar-refractivity contribution in [3.8, 4) is 6.01 Å². The Hall–Kier alpha value is -2.37. The Bertz CT molecular complexity index is 510. The first-order chi connectivity index (χ1) is 9.81. The zero-order valence-electron chi connectivity index (χ0n) is 11.8. The van der Waals surface area contributed by atoms with Gasteiger partial charge in [-0.25, -0.2) is 0 Å². The molecule has 0 aliphatic heterocycles. The van der Waals surface area contributed by atoms with Crippen molar-refractivity contribution in [2.75, 3.05) is 31.3 Å². The van der Waals surface area contributed by atoms with Crippen molar-refractivity contribution in [1.82, 2.24) is 15.0 Å². The Balaban J connectivity index is 1.84. The van der Waals surface area contributed by atoms with Gasteiger partial charge in [-0.1, -0.05) is 30.3 Å². The topological polar surface area (TPSA) is 72.0 Å². The molecular formula is C14H19N5O. The quantitative estimate of drug-likeness (QED) is 0.751. The predicted octanol–water partition coefficient (Wildman–Crippen LogP) is 1.97. The summed E-state index contributed by atoms with van der Waals surface area (Å²) in [5, 5.41) is 6.06. The lowest BCUT2D eigenvalue weighted by atomic mass is 10.1. The number of aryl methyl sites for hydroxylation is 1. The summed E-state index contributed by atoms with van der Waals surface area (Å²) >= 11 is 0. The molecule has 6 heteroatoms. The van der Waals surface area contributed by atoms with Crippen LogP contribution in [0.5, 0.6) is 6.01 Å². The molecule has 0 saturated heterocycles. The van der Waals surface area contributed by atoms with Gasteiger partial charge in [-0.2, -0.15) is 15.0 Å². The second-order valence-electron chi connectivity index (χ2n) is 4.24. The fourth-order valence-corrected chi connectivity index (χ4v) is 1.78. The third-order valence-electron chi connectivity index (χ3n) is 2.79. The average molecular weight is 273 g/mol. The van der Waals surface area contributed by atoms with Crippen LogP contribution in [-0.2, 0) is 6.42 Å². The Kier molecular flexibility index (Phi) is 5.11. The van der Waals surface area contributed by atoms with Crippen LogP contribution >= 0.6 is 0 Å². The first-order valence-electron chi connectivity index (χ1n) is 6.57. The van der Waals surface area contributed by atoms with E-state index in [0.29, 0.717) is 17.9 Å². The summed E-state index contributed by atoms with van der Waals surface area (Å²) in [7, 11) is 3.29. The number of benzene rings is 1. The Morgan fingerprint density at radius 2 is 1.80 bits per heavy atom. The number of aromatic nitrogens is 3. The molecule has 2 N–H and O–H groups in total. The highest BCUT2D eigenvalue weighted by atomic mass is 16.5. The minimum Gasteiger partial charge on any atom is -0.467 e. The van der Waals surface area contributed by atoms with E-state index >= 15 is 0 Å². The van der Waals surface area contributed by atoms with Crippen molar-refractivity contribution in [2.24, 2.45) is 0 Å². The summed E-state index contributed by atoms with van der Waals surface area (Å²) in [4.78, 5) is 12.4. The highest BCUT2D eigenvalue weighted by Crippen LogP contribution is 2.10. The second-order valence-corrected chi connectivity index (χ2v) is 4.24. The molecule has 0 spiro atoms. The van der Waals surface area contributed by atoms with E-state index in [1.54, 1.807) is 7.05 Å². The zero-order chi connectivity index (χ0) is 14.2. The van der Waals surface area contributed by atoms with Gasteiger partial charge in [0.05, 0.1) is 7.11 Å². The van der Waals surface area contributed by atoms with Gasteiger partial charge in [0.15, 0.2) is 0 Å². The third kappa shape index (κ3) is 4.08. The van der Waals surface area contributed by atoms with Crippen LogP contribution in [0.4, 0.5) is 11.9 Å². The van der Waals surface area contributed by atoms with Crippen LogP contribution in [0.25, 0.3) is 0 Å². The van der Waals surface area contributed by atoms with Gasteiger partial charge in [0.1, 0.15) is 0 Å². The highest BCUT2D eigenvalue weighted by Gasteiger charge is 2.04. The van der Waals surface area contributed by atoms with E-state index in [9.17, 15) is 0 Å². The van der Waals surface area contributed by atoms with Crippen molar-refractivity contribution < 1.29 is 4.74 Å². The third-order valence-corrected chi connectivity index (χ3v) is 2.79. The van der Waals surface area contributed by atoms with Gasteiger partial charge in [0, 0.05) is 13.6 Å². The number of rotatable bonds is 7. The summed E-state index contributed by atoms with van der Waals surface area (Å²) in [6, 6.07) is 10.7. The molecule has 0 aliphatic carbocycles. The molecule has 2 aromatic rings. The fourth-order valence-electron chi connectivity index (χ4n) is 1.78. The molecule has 20 heavy (non-hydrogen) atoms. The predicted molar refractivity (Wildman–Crippen MR) is 79.2 cm³/mol. The van der Waals surface area contributed by atoms with Crippen molar-refractivity contribution in [1.29, 1.82) is 0 Å². The van der Waals surface area contributed by atoms with Gasteiger partial charge in [0.25, 0.3) is 0 Å². The molecule has 1 aromatic carbocycles. The van der Waals surface area contributed by atoms with Gasteiger partial charge in [0.2, 0.25) is 11.9 Å². The van der Waals surface area contributed by atoms with E-state index in [1.807, 2.05) is 6.07 Å². The average Bonchev–Trinajstić information content (AvgIpc) is 2.52. The number of methoxy groups -OCH3 is 1. The van der Waals surface area contributed by atoms with E-state index in [1.165, 1.54) is 12.7 Å². The lowest BCUT2D eigenvalue weighted by Crippen LogP contribution is -2.10. The summed E-state index contributed by atoms with van der Waals surface area (Å²) in [6.07, 6.45) is 2.03. The molecule has 0 aliphatic rings. The van der Waals surface area contributed by atoms with E-state index in [0.717, 1.165) is 19.4 Å². The molecule has 6 nitrogen and oxygen atoms in total. The molecule has 0 atom stereocenters. The maximum Gasteiger partial charge on any atom is 0.322 e. The molecule has 106 valence electrons. The van der Waals surface area contributed by atoms with Crippen molar-refractivity contribution in [3.63, 3.8) is 0 Å². The number of hydrogen-bond donors (Lipinski definition) is 2. The summed E-state index contributed by atoms with van der Waals surface area (Å²) in [5.41, 5.74) is 1.33. The Morgan fingerprint density at radius 3 is 2.50 bits per heavy atom. The lowest BCUT2D eigenvalue weighted by molar-refractivity contribution is 0.379. The van der Waals surface area contributed by atoms with Crippen LogP contribution in [0, 0.1) is 0 Å². The van der Waals surface area contributed by atoms with Crippen LogP contribution in [0.1, 0.15) is 12.0 Å². The Morgan fingerprint density at radius 1 is 1.05 bits per heavy atom. The molecule has 0 bridgehead atoms. The smallest absolute Gasteiger partial charge is 0.322 e. The maximum absolute atomic E-state index is 5.03. The number of anilines is 2. The van der Waals surface area contributed by atoms with Crippen LogP contribution in [0.15, 0.2) is 30.3 Å². The largest absolute Gasteiger partial charge is 0.467 e. The summed E-state index contributed by atoms with van der Waals surface area (Å²) in [5.74, 6) is 1.01. The van der Waals surface area contributed by atoms with Gasteiger partial charge in [-0.05, 0) is 18.4 Å². The van der Waals surface area contributed by atoms with Crippen LogP contribution in [0.2, 0.25) is 0 Å².